The van der Waals surface area contributed by atoms with Crippen molar-refractivity contribution in [3.05, 3.63) is 52.4 Å². The lowest BCUT2D eigenvalue weighted by Gasteiger charge is -2.32. The summed E-state index contributed by atoms with van der Waals surface area (Å²) in [6, 6.07) is 9.39. The molecular weight excluding hydrogens is 304 g/mol. The van der Waals surface area contributed by atoms with Gasteiger partial charge >= 0.3 is 0 Å². The van der Waals surface area contributed by atoms with Gasteiger partial charge < -0.3 is 10.2 Å². The van der Waals surface area contributed by atoms with E-state index >= 15 is 0 Å². The predicted octanol–water partition coefficient (Wildman–Crippen LogP) is 1.94. The van der Waals surface area contributed by atoms with Crippen molar-refractivity contribution in [2.75, 3.05) is 23.3 Å². The van der Waals surface area contributed by atoms with Crippen LogP contribution in [-0.2, 0) is 11.8 Å². The molecule has 1 amide bonds. The van der Waals surface area contributed by atoms with Gasteiger partial charge in [-0.2, -0.15) is 5.10 Å². The largest absolute Gasteiger partial charge is 0.370 e. The molecule has 6 heteroatoms. The van der Waals surface area contributed by atoms with E-state index in [0.29, 0.717) is 0 Å². The fourth-order valence-electron chi connectivity index (χ4n) is 2.98. The summed E-state index contributed by atoms with van der Waals surface area (Å²) in [5.41, 5.74) is 2.65. The summed E-state index contributed by atoms with van der Waals surface area (Å²) in [5, 5.41) is 7.08. The molecular formula is C18H22N4O2. The van der Waals surface area contributed by atoms with Gasteiger partial charge in [0.25, 0.3) is 5.56 Å². The number of piperidine rings is 1. The number of nitrogens with one attached hydrogen (secondary N) is 1. The number of amides is 1. The van der Waals surface area contributed by atoms with E-state index in [-0.39, 0.29) is 17.4 Å². The highest BCUT2D eigenvalue weighted by Gasteiger charge is 2.25. The van der Waals surface area contributed by atoms with Gasteiger partial charge in [-0.05, 0) is 31.4 Å². The highest BCUT2D eigenvalue weighted by Crippen LogP contribution is 2.23. The van der Waals surface area contributed by atoms with Gasteiger partial charge in [-0.15, -0.1) is 0 Å². The van der Waals surface area contributed by atoms with Gasteiger partial charge in [-0.1, -0.05) is 18.2 Å². The van der Waals surface area contributed by atoms with E-state index in [1.807, 2.05) is 31.2 Å². The molecule has 0 radical (unpaired) electrons. The number of hydrogen-bond acceptors (Lipinski definition) is 4. The molecule has 1 saturated heterocycles. The predicted molar refractivity (Wildman–Crippen MR) is 94.2 cm³/mol. The van der Waals surface area contributed by atoms with E-state index in [2.05, 4.69) is 15.3 Å². The Labute approximate surface area is 141 Å². The highest BCUT2D eigenvalue weighted by molar-refractivity contribution is 5.93. The second-order valence-electron chi connectivity index (χ2n) is 6.24. The van der Waals surface area contributed by atoms with E-state index < -0.39 is 0 Å². The zero-order chi connectivity index (χ0) is 17.1. The van der Waals surface area contributed by atoms with Gasteiger partial charge in [0.15, 0.2) is 0 Å². The Bertz CT molecular complexity index is 792. The van der Waals surface area contributed by atoms with Crippen LogP contribution in [0.2, 0.25) is 0 Å². The molecule has 0 spiro atoms. The summed E-state index contributed by atoms with van der Waals surface area (Å²) in [6.45, 7) is 3.49. The molecule has 1 N–H and O–H groups in total. The second-order valence-corrected chi connectivity index (χ2v) is 6.24. The summed E-state index contributed by atoms with van der Waals surface area (Å²) in [6.07, 6.45) is 3.25. The van der Waals surface area contributed by atoms with Crippen molar-refractivity contribution in [1.29, 1.82) is 0 Å². The van der Waals surface area contributed by atoms with Crippen LogP contribution in [0, 0.1) is 12.8 Å². The van der Waals surface area contributed by atoms with Crippen molar-refractivity contribution < 1.29 is 4.79 Å². The van der Waals surface area contributed by atoms with Crippen LogP contribution >= 0.6 is 0 Å². The SMILES string of the molecule is Cc1ccccc1NC(=O)C1CCN(c2cnn(C)c(=O)c2)CC1. The molecule has 6 nitrogen and oxygen atoms in total. The molecule has 126 valence electrons. The van der Waals surface area contributed by atoms with Gasteiger partial charge in [0, 0.05) is 37.8 Å². The topological polar surface area (TPSA) is 67.2 Å². The zero-order valence-corrected chi connectivity index (χ0v) is 14.0. The van der Waals surface area contributed by atoms with E-state index in [9.17, 15) is 9.59 Å². The quantitative estimate of drug-likeness (QED) is 0.936. The van der Waals surface area contributed by atoms with Crippen LogP contribution in [0.1, 0.15) is 18.4 Å². The van der Waals surface area contributed by atoms with Gasteiger partial charge in [0.05, 0.1) is 11.9 Å². The first-order chi connectivity index (χ1) is 11.5. The third kappa shape index (κ3) is 3.48. The Morgan fingerprint density at radius 2 is 1.96 bits per heavy atom. The monoisotopic (exact) mass is 326 g/mol. The maximum Gasteiger partial charge on any atom is 0.268 e. The van der Waals surface area contributed by atoms with Crippen molar-refractivity contribution in [3.8, 4) is 0 Å². The third-order valence-corrected chi connectivity index (χ3v) is 4.59. The minimum atomic E-state index is -0.119. The number of carbonyl (C=O) groups excluding carboxylic acids is 1. The lowest BCUT2D eigenvalue weighted by molar-refractivity contribution is -0.120. The Morgan fingerprint density at radius 1 is 1.25 bits per heavy atom. The zero-order valence-electron chi connectivity index (χ0n) is 14.0. The lowest BCUT2D eigenvalue weighted by Crippen LogP contribution is -2.39. The smallest absolute Gasteiger partial charge is 0.268 e. The number of nitrogens with zero attached hydrogens (tertiary/aromatic N) is 3. The minimum absolute atomic E-state index is 0.000334. The first-order valence-corrected chi connectivity index (χ1v) is 8.19. The molecule has 0 bridgehead atoms. The molecule has 1 fully saturated rings. The summed E-state index contributed by atoms with van der Waals surface area (Å²) in [7, 11) is 1.63. The number of carbonyl (C=O) groups is 1. The second kappa shape index (κ2) is 6.86. The van der Waals surface area contributed by atoms with Crippen molar-refractivity contribution in [1.82, 2.24) is 9.78 Å². The Balaban J connectivity index is 1.60. The van der Waals surface area contributed by atoms with Gasteiger partial charge in [-0.3, -0.25) is 9.59 Å². The molecule has 0 atom stereocenters. The molecule has 2 aromatic rings. The summed E-state index contributed by atoms with van der Waals surface area (Å²) >= 11 is 0. The molecule has 0 unspecified atom stereocenters. The number of aryl methyl sites for hydroxylation is 2. The van der Waals surface area contributed by atoms with Crippen molar-refractivity contribution in [3.63, 3.8) is 0 Å². The number of para-hydroxylation sites is 1. The number of anilines is 2. The molecule has 0 saturated carbocycles. The minimum Gasteiger partial charge on any atom is -0.370 e. The van der Waals surface area contributed by atoms with E-state index in [1.54, 1.807) is 19.3 Å². The van der Waals surface area contributed by atoms with Gasteiger partial charge in [-0.25, -0.2) is 4.68 Å². The molecule has 1 aromatic heterocycles. The average Bonchev–Trinajstić information content (AvgIpc) is 2.59. The Kier molecular flexibility index (Phi) is 4.64. The molecule has 2 heterocycles. The van der Waals surface area contributed by atoms with Gasteiger partial charge in [0.2, 0.25) is 5.91 Å². The van der Waals surface area contributed by atoms with Crippen LogP contribution in [-0.4, -0.2) is 28.8 Å². The van der Waals surface area contributed by atoms with Crippen LogP contribution in [0.3, 0.4) is 0 Å². The first kappa shape index (κ1) is 16.2. The molecule has 1 aliphatic heterocycles. The molecule has 0 aliphatic carbocycles. The number of hydrogen-bond donors (Lipinski definition) is 1. The van der Waals surface area contributed by atoms with Crippen LogP contribution in [0.4, 0.5) is 11.4 Å². The Hall–Kier alpha value is -2.63. The van der Waals surface area contributed by atoms with Crippen LogP contribution in [0.5, 0.6) is 0 Å². The van der Waals surface area contributed by atoms with Crippen molar-refractivity contribution >= 4 is 17.3 Å². The number of rotatable bonds is 3. The van der Waals surface area contributed by atoms with Crippen molar-refractivity contribution in [2.45, 2.75) is 19.8 Å². The van der Waals surface area contributed by atoms with Gasteiger partial charge in [0.1, 0.15) is 0 Å². The fourth-order valence-corrected chi connectivity index (χ4v) is 2.98. The van der Waals surface area contributed by atoms with E-state index in [4.69, 9.17) is 0 Å². The normalized spacial score (nSPS) is 15.3. The third-order valence-electron chi connectivity index (χ3n) is 4.59. The van der Waals surface area contributed by atoms with Crippen LogP contribution in [0.15, 0.2) is 41.3 Å². The first-order valence-electron chi connectivity index (χ1n) is 8.19. The summed E-state index contributed by atoms with van der Waals surface area (Å²) in [4.78, 5) is 26.3. The number of benzene rings is 1. The van der Waals surface area contributed by atoms with E-state index in [1.165, 1.54) is 4.68 Å². The van der Waals surface area contributed by atoms with Crippen LogP contribution in [0.25, 0.3) is 0 Å². The average molecular weight is 326 g/mol. The maximum absolute atomic E-state index is 12.5. The van der Waals surface area contributed by atoms with Crippen molar-refractivity contribution in [2.24, 2.45) is 13.0 Å². The fraction of sp³-hybridized carbons (Fsp3) is 0.389. The maximum atomic E-state index is 12.5. The summed E-state index contributed by atoms with van der Waals surface area (Å²) < 4.78 is 1.31. The molecule has 24 heavy (non-hydrogen) atoms. The molecule has 1 aromatic carbocycles. The standard InChI is InChI=1S/C18H22N4O2/c1-13-5-3-4-6-16(13)20-18(24)14-7-9-22(10-8-14)15-11-17(23)21(2)19-12-15/h3-6,11-12,14H,7-10H2,1-2H3,(H,20,24). The Morgan fingerprint density at radius 3 is 2.62 bits per heavy atom. The lowest BCUT2D eigenvalue weighted by atomic mass is 9.95. The van der Waals surface area contributed by atoms with E-state index in [0.717, 1.165) is 42.9 Å². The van der Waals surface area contributed by atoms with Crippen LogP contribution < -0.4 is 15.8 Å². The molecule has 1 aliphatic rings. The molecule has 3 rings (SSSR count). The number of aromatic nitrogens is 2. The summed E-state index contributed by atoms with van der Waals surface area (Å²) in [5.74, 6) is 0.0754. The highest BCUT2D eigenvalue weighted by atomic mass is 16.2.